The summed E-state index contributed by atoms with van der Waals surface area (Å²) >= 11 is 8.43. The average molecular weight is 519 g/mol. The molecule has 1 saturated heterocycles. The van der Waals surface area contributed by atoms with Crippen molar-refractivity contribution in [3.05, 3.63) is 60.1 Å². The van der Waals surface area contributed by atoms with E-state index in [-0.39, 0.29) is 5.91 Å². The van der Waals surface area contributed by atoms with Gasteiger partial charge in [-0.1, -0.05) is 11.6 Å². The molecule has 6 rings (SSSR count). The van der Waals surface area contributed by atoms with Crippen LogP contribution in [0.15, 0.2) is 65.2 Å². The molecule has 0 bridgehead atoms. The lowest BCUT2D eigenvalue weighted by Crippen LogP contribution is -2.48. The Hall–Kier alpha value is -3.63. The van der Waals surface area contributed by atoms with E-state index in [1.165, 1.54) is 11.8 Å². The minimum absolute atomic E-state index is 0.104. The second-order valence-corrected chi connectivity index (χ2v) is 10.2. The van der Waals surface area contributed by atoms with Crippen molar-refractivity contribution < 1.29 is 4.79 Å². The Balaban J connectivity index is 1.30. The van der Waals surface area contributed by atoms with Crippen molar-refractivity contribution >= 4 is 51.5 Å². The van der Waals surface area contributed by atoms with Crippen molar-refractivity contribution in [2.24, 2.45) is 7.05 Å². The van der Waals surface area contributed by atoms with Crippen LogP contribution in [0.2, 0.25) is 5.02 Å². The van der Waals surface area contributed by atoms with E-state index < -0.39 is 0 Å². The smallest absolute Gasteiger partial charge is 0.219 e. The van der Waals surface area contributed by atoms with Gasteiger partial charge in [-0.25, -0.2) is 0 Å². The lowest BCUT2D eigenvalue weighted by atomic mass is 10.2. The molecule has 11 heteroatoms. The number of carbonyl (C=O) groups is 1. The largest absolute Gasteiger partial charge is 0.366 e. The molecular weight excluding hydrogens is 496 g/mol. The number of aromatic nitrogens is 6. The minimum Gasteiger partial charge on any atom is -0.366 e. The normalized spacial score (nSPS) is 14.2. The highest BCUT2D eigenvalue weighted by atomic mass is 35.5. The number of fused-ring (bicyclic) bond motifs is 2. The van der Waals surface area contributed by atoms with Gasteiger partial charge in [-0.05, 0) is 42.1 Å². The third kappa shape index (κ3) is 4.16. The van der Waals surface area contributed by atoms with Gasteiger partial charge >= 0.3 is 0 Å². The highest BCUT2D eigenvalue weighted by Gasteiger charge is 2.22. The second kappa shape index (κ2) is 9.11. The van der Waals surface area contributed by atoms with Crippen LogP contribution in [0.25, 0.3) is 27.7 Å². The number of piperazine rings is 1. The Labute approximate surface area is 216 Å². The number of halogens is 1. The fourth-order valence-corrected chi connectivity index (χ4v) is 5.63. The summed E-state index contributed by atoms with van der Waals surface area (Å²) in [7, 11) is 1.90. The van der Waals surface area contributed by atoms with Crippen LogP contribution in [0.3, 0.4) is 0 Å². The summed E-state index contributed by atoms with van der Waals surface area (Å²) < 4.78 is 3.77. The molecule has 0 aliphatic carbocycles. The molecule has 36 heavy (non-hydrogen) atoms. The second-order valence-electron chi connectivity index (χ2n) is 8.76. The van der Waals surface area contributed by atoms with Gasteiger partial charge in [0.2, 0.25) is 5.91 Å². The van der Waals surface area contributed by atoms with Gasteiger partial charge in [0.05, 0.1) is 28.6 Å². The van der Waals surface area contributed by atoms with Crippen LogP contribution < -0.4 is 4.90 Å². The summed E-state index contributed by atoms with van der Waals surface area (Å²) in [6, 6.07) is 10.0. The number of benzene rings is 1. The number of hydrogen-bond acceptors (Lipinski definition) is 7. The van der Waals surface area contributed by atoms with E-state index in [1.807, 2.05) is 65.4 Å². The Kier molecular flexibility index (Phi) is 5.77. The van der Waals surface area contributed by atoms with Crippen LogP contribution >= 0.6 is 23.4 Å². The molecule has 0 radical (unpaired) electrons. The van der Waals surface area contributed by atoms with Gasteiger partial charge in [0, 0.05) is 74.0 Å². The predicted octanol–water partition coefficient (Wildman–Crippen LogP) is 4.15. The van der Waals surface area contributed by atoms with Crippen LogP contribution in [-0.4, -0.2) is 66.3 Å². The summed E-state index contributed by atoms with van der Waals surface area (Å²) in [6.07, 6.45) is 7.68. The van der Waals surface area contributed by atoms with Crippen LogP contribution in [0.5, 0.6) is 0 Å². The number of amides is 1. The first-order chi connectivity index (χ1) is 17.5. The van der Waals surface area contributed by atoms with Crippen molar-refractivity contribution in [2.75, 3.05) is 31.1 Å². The van der Waals surface area contributed by atoms with Gasteiger partial charge in [0.15, 0.2) is 10.8 Å². The van der Waals surface area contributed by atoms with Gasteiger partial charge < -0.3 is 9.80 Å². The topological polar surface area (TPSA) is 84.5 Å². The van der Waals surface area contributed by atoms with Gasteiger partial charge in [0.1, 0.15) is 0 Å². The van der Waals surface area contributed by atoms with E-state index in [1.54, 1.807) is 11.6 Å². The molecule has 0 N–H and O–H groups in total. The van der Waals surface area contributed by atoms with Crippen molar-refractivity contribution in [1.82, 2.24) is 34.3 Å². The lowest BCUT2D eigenvalue weighted by molar-refractivity contribution is -0.129. The van der Waals surface area contributed by atoms with E-state index in [9.17, 15) is 4.79 Å². The standard InChI is InChI=1S/C25H23ClN8OS/c1-16(35)32-7-9-33(10-8-32)22-13-27-21-5-4-19(11-20(21)24(22)26)36-25-30-29-23-6-3-17(15-34(23)25)18-12-28-31(2)14-18/h3-6,11-15H,7-10H2,1-2H3. The maximum Gasteiger partial charge on any atom is 0.219 e. The third-order valence-corrected chi connectivity index (χ3v) is 7.79. The zero-order valence-corrected chi connectivity index (χ0v) is 21.4. The zero-order valence-electron chi connectivity index (χ0n) is 19.8. The monoisotopic (exact) mass is 518 g/mol. The fourth-order valence-electron chi connectivity index (χ4n) is 4.46. The maximum atomic E-state index is 11.7. The molecule has 4 aromatic heterocycles. The number of carbonyl (C=O) groups excluding carboxylic acids is 1. The molecular formula is C25H23ClN8OS. The molecule has 1 aliphatic rings. The number of hydrogen-bond donors (Lipinski definition) is 0. The number of nitrogens with zero attached hydrogens (tertiary/aromatic N) is 8. The van der Waals surface area contributed by atoms with Gasteiger partial charge in [-0.2, -0.15) is 5.10 Å². The van der Waals surface area contributed by atoms with E-state index in [0.29, 0.717) is 18.1 Å². The van der Waals surface area contributed by atoms with E-state index in [0.717, 1.165) is 56.5 Å². The SMILES string of the molecule is CC(=O)N1CCN(c2cnc3ccc(Sc4nnc5ccc(-c6cnn(C)c6)cn45)cc3c2Cl)CC1. The molecule has 5 aromatic rings. The molecule has 9 nitrogen and oxygen atoms in total. The van der Waals surface area contributed by atoms with Gasteiger partial charge in [-0.15, -0.1) is 10.2 Å². The van der Waals surface area contributed by atoms with Crippen molar-refractivity contribution in [1.29, 1.82) is 0 Å². The van der Waals surface area contributed by atoms with Crippen LogP contribution in [0.1, 0.15) is 6.92 Å². The number of anilines is 1. The first-order valence-electron chi connectivity index (χ1n) is 11.6. The summed E-state index contributed by atoms with van der Waals surface area (Å²) in [4.78, 5) is 21.4. The highest BCUT2D eigenvalue weighted by Crippen LogP contribution is 2.36. The summed E-state index contributed by atoms with van der Waals surface area (Å²) in [6.45, 7) is 4.43. The number of pyridine rings is 2. The summed E-state index contributed by atoms with van der Waals surface area (Å²) in [5.74, 6) is 0.104. The third-order valence-electron chi connectivity index (χ3n) is 6.44. The first-order valence-corrected chi connectivity index (χ1v) is 12.8. The summed E-state index contributed by atoms with van der Waals surface area (Å²) in [5.41, 5.74) is 4.57. The van der Waals surface area contributed by atoms with Crippen molar-refractivity contribution in [3.8, 4) is 11.1 Å². The highest BCUT2D eigenvalue weighted by molar-refractivity contribution is 7.99. The van der Waals surface area contributed by atoms with Crippen LogP contribution in [0, 0.1) is 0 Å². The molecule has 182 valence electrons. The van der Waals surface area contributed by atoms with Crippen LogP contribution in [-0.2, 0) is 11.8 Å². The molecule has 5 heterocycles. The quantitative estimate of drug-likeness (QED) is 0.353. The molecule has 0 spiro atoms. The number of rotatable bonds is 4. The Morgan fingerprint density at radius 3 is 2.58 bits per heavy atom. The molecule has 0 unspecified atom stereocenters. The average Bonchev–Trinajstić information content (AvgIpc) is 3.50. The minimum atomic E-state index is 0.104. The summed E-state index contributed by atoms with van der Waals surface area (Å²) in [5, 5.41) is 15.3. The molecule has 1 amide bonds. The maximum absolute atomic E-state index is 11.7. The molecule has 1 aromatic carbocycles. The van der Waals surface area contributed by atoms with Crippen molar-refractivity contribution in [3.63, 3.8) is 0 Å². The van der Waals surface area contributed by atoms with E-state index in [2.05, 4.69) is 31.2 Å². The van der Waals surface area contributed by atoms with Crippen LogP contribution in [0.4, 0.5) is 5.69 Å². The molecule has 1 fully saturated rings. The predicted molar refractivity (Wildman–Crippen MR) is 141 cm³/mol. The zero-order chi connectivity index (χ0) is 24.8. The molecule has 0 saturated carbocycles. The Morgan fingerprint density at radius 2 is 1.83 bits per heavy atom. The molecule has 1 aliphatic heterocycles. The lowest BCUT2D eigenvalue weighted by Gasteiger charge is -2.36. The fraction of sp³-hybridized carbons (Fsp3) is 0.240. The number of aryl methyl sites for hydroxylation is 1. The van der Waals surface area contributed by atoms with E-state index >= 15 is 0 Å². The van der Waals surface area contributed by atoms with Gasteiger partial charge in [-0.3, -0.25) is 18.9 Å². The van der Waals surface area contributed by atoms with Gasteiger partial charge in [0.25, 0.3) is 0 Å². The Bertz CT molecular complexity index is 1600. The molecule has 0 atom stereocenters. The first kappa shape index (κ1) is 22.8. The van der Waals surface area contributed by atoms with E-state index in [4.69, 9.17) is 11.6 Å². The Morgan fingerprint density at radius 1 is 1.00 bits per heavy atom. The van der Waals surface area contributed by atoms with Crippen molar-refractivity contribution in [2.45, 2.75) is 17.0 Å².